The van der Waals surface area contributed by atoms with Gasteiger partial charge in [0.15, 0.2) is 75.8 Å². The van der Waals surface area contributed by atoms with Crippen molar-refractivity contribution >= 4 is 68.2 Å². The van der Waals surface area contributed by atoms with Crippen LogP contribution in [0.15, 0.2) is 128 Å². The van der Waals surface area contributed by atoms with Gasteiger partial charge in [-0.3, -0.25) is 9.59 Å². The average molecular weight is 1130 g/mol. The molecule has 0 radical (unpaired) electrons. The van der Waals surface area contributed by atoms with Crippen LogP contribution in [0.2, 0.25) is 0 Å². The summed E-state index contributed by atoms with van der Waals surface area (Å²) in [5.74, 6) is -1.97. The fourth-order valence-corrected chi connectivity index (χ4v) is 9.87. The van der Waals surface area contributed by atoms with E-state index in [1.54, 1.807) is 6.07 Å². The summed E-state index contributed by atoms with van der Waals surface area (Å²) in [6, 6.07) is 24.3. The van der Waals surface area contributed by atoms with Crippen LogP contribution in [0.3, 0.4) is 0 Å². The average Bonchev–Trinajstić information content (AvgIpc) is 4.23. The Balaban J connectivity index is 1.13. The van der Waals surface area contributed by atoms with E-state index in [0.29, 0.717) is 108 Å². The van der Waals surface area contributed by atoms with Gasteiger partial charge in [-0.25, -0.2) is 37.8 Å². The second-order valence-electron chi connectivity index (χ2n) is 20.5. The minimum atomic E-state index is -0.597. The lowest BCUT2D eigenvalue weighted by Gasteiger charge is -2.07. The first-order chi connectivity index (χ1) is 40.3. The number of nitrogens with zero attached hydrogens (tertiary/aromatic N) is 6. The monoisotopic (exact) mass is 1120 g/mol. The maximum Gasteiger partial charge on any atom is 0.341 e. The first-order valence-electron chi connectivity index (χ1n) is 27.8. The number of fused-ring (bicyclic) bond motifs is 8. The van der Waals surface area contributed by atoms with E-state index in [4.69, 9.17) is 51.9 Å². The molecule has 9 heterocycles. The third-order valence-corrected chi connectivity index (χ3v) is 14.6. The molecule has 0 amide bonds. The minimum absolute atomic E-state index is 0.00406. The highest BCUT2D eigenvalue weighted by molar-refractivity contribution is 6.25. The van der Waals surface area contributed by atoms with E-state index in [9.17, 15) is 19.2 Å². The summed E-state index contributed by atoms with van der Waals surface area (Å²) in [6.07, 6.45) is 15.8. The molecule has 0 saturated carbocycles. The Morgan fingerprint density at radius 1 is 0.458 bits per heavy atom. The number of hydrogen-bond acceptors (Lipinski definition) is 14. The van der Waals surface area contributed by atoms with Crippen molar-refractivity contribution in [3.8, 4) is 0 Å². The number of nitrogens with two attached hydrogens (primary N) is 4. The van der Waals surface area contributed by atoms with Crippen LogP contribution in [-0.2, 0) is 92.4 Å². The molecule has 7 aromatic heterocycles. The number of pyridine rings is 4. The number of aryl methyl sites for hydroxylation is 2. The van der Waals surface area contributed by atoms with Crippen LogP contribution in [-0.4, -0.2) is 70.0 Å². The molecule has 0 aromatic carbocycles. The van der Waals surface area contributed by atoms with Crippen molar-refractivity contribution < 1.29 is 56.4 Å². The van der Waals surface area contributed by atoms with Crippen molar-refractivity contribution in [3.63, 3.8) is 0 Å². The molecule has 2 aliphatic rings. The summed E-state index contributed by atoms with van der Waals surface area (Å²) in [6.45, 7) is 10.4. The third kappa shape index (κ3) is 14.9. The maximum atomic E-state index is 14.5. The predicted octanol–water partition coefficient (Wildman–Crippen LogP) is 4.77. The van der Waals surface area contributed by atoms with Gasteiger partial charge in [-0.1, -0.05) is 0 Å². The summed E-state index contributed by atoms with van der Waals surface area (Å²) in [4.78, 5) is 73.2. The largest absolute Gasteiger partial charge is 0.461 e. The fraction of sp³-hybridized carbons (Fsp3) is 0.302. The van der Waals surface area contributed by atoms with Gasteiger partial charge in [0.2, 0.25) is 0 Å². The summed E-state index contributed by atoms with van der Waals surface area (Å²) < 4.78 is 31.4. The standard InChI is InChI=1S/C63H71N12O8/c1-41-50(5-7-59(77)81-38-45-10-22-73(23-11-45)29-17-65)55-36-54-48(4-6-58(76)80-37-44-8-20-72(21-9-44)28-16-64)32-49(68-54)33-56-60(62(78)82-39-46-12-24-74(25-13-46)30-18-66)43(3)53(70-56)35-57-61(42(2)52(71-57)34-51(41)69-55)63(79)83-40-47-14-26-75(27-15-47)31-19-67/h8-15,20-27,32-36H,4-7,16-19,28-31,37-40,64-67H2,1-3H3,(H-,68,69,70,71,78,79)/q+3/p+1. The molecule has 0 aliphatic carbocycles. The smallest absolute Gasteiger partial charge is 0.341 e. The van der Waals surface area contributed by atoms with E-state index in [0.717, 1.165) is 39.0 Å². The molecule has 9 rings (SSSR count). The van der Waals surface area contributed by atoms with Gasteiger partial charge in [0.1, 0.15) is 26.4 Å². The Morgan fingerprint density at radius 2 is 0.892 bits per heavy atom. The van der Waals surface area contributed by atoms with Gasteiger partial charge < -0.3 is 51.9 Å². The number of nitrogens with one attached hydrogen (secondary N) is 2. The van der Waals surface area contributed by atoms with Gasteiger partial charge in [0.25, 0.3) is 0 Å². The van der Waals surface area contributed by atoms with Gasteiger partial charge in [-0.15, -0.1) is 0 Å². The molecule has 83 heavy (non-hydrogen) atoms. The number of hydrogen-bond donors (Lipinski definition) is 6. The third-order valence-electron chi connectivity index (χ3n) is 14.6. The zero-order chi connectivity index (χ0) is 58.4. The van der Waals surface area contributed by atoms with E-state index in [1.165, 1.54) is 0 Å². The molecule has 2 aliphatic heterocycles. The van der Waals surface area contributed by atoms with Crippen molar-refractivity contribution in [2.24, 2.45) is 22.9 Å². The molecule has 20 heteroatoms. The number of esters is 4. The number of carbonyl (C=O) groups excluding carboxylic acids is 4. The highest BCUT2D eigenvalue weighted by Gasteiger charge is 2.28. The van der Waals surface area contributed by atoms with Gasteiger partial charge in [0, 0.05) is 100 Å². The molecule has 428 valence electrons. The zero-order valence-corrected chi connectivity index (χ0v) is 47.2. The molecule has 0 atom stereocenters. The van der Waals surface area contributed by atoms with Crippen LogP contribution >= 0.6 is 0 Å². The van der Waals surface area contributed by atoms with Crippen molar-refractivity contribution in [1.29, 1.82) is 0 Å². The zero-order valence-electron chi connectivity index (χ0n) is 47.2. The molecule has 0 fully saturated rings. The second kappa shape index (κ2) is 27.6. The molecule has 0 saturated heterocycles. The van der Waals surface area contributed by atoms with Crippen LogP contribution in [0.4, 0.5) is 0 Å². The van der Waals surface area contributed by atoms with Crippen molar-refractivity contribution in [2.45, 2.75) is 99.1 Å². The Hall–Kier alpha value is -9.08. The Morgan fingerprint density at radius 3 is 1.39 bits per heavy atom. The first kappa shape index (κ1) is 58.6. The van der Waals surface area contributed by atoms with E-state index in [2.05, 4.69) is 9.97 Å². The van der Waals surface area contributed by atoms with E-state index in [1.807, 2.05) is 161 Å². The van der Waals surface area contributed by atoms with Crippen molar-refractivity contribution in [1.82, 2.24) is 19.9 Å². The van der Waals surface area contributed by atoms with Gasteiger partial charge >= 0.3 is 23.9 Å². The number of allylic oxidation sites excluding steroid dienone is 3. The van der Waals surface area contributed by atoms with Gasteiger partial charge in [-0.2, -0.15) is 0 Å². The minimum Gasteiger partial charge on any atom is -0.461 e. The Labute approximate surface area is 481 Å². The van der Waals surface area contributed by atoms with E-state index < -0.39 is 23.9 Å². The molecule has 20 nitrogen and oxygen atoms in total. The van der Waals surface area contributed by atoms with Crippen LogP contribution < -0.4 is 41.2 Å². The summed E-state index contributed by atoms with van der Waals surface area (Å²) in [7, 11) is 0. The first-order valence-corrected chi connectivity index (χ1v) is 27.8. The maximum absolute atomic E-state index is 14.5. The summed E-state index contributed by atoms with van der Waals surface area (Å²) in [5.41, 5.74) is 34.2. The normalized spacial score (nSPS) is 12.2. The molecule has 8 bridgehead atoms. The second-order valence-corrected chi connectivity index (χ2v) is 20.5. The van der Waals surface area contributed by atoms with Crippen LogP contribution in [0.5, 0.6) is 0 Å². The lowest BCUT2D eigenvalue weighted by atomic mass is 10.0. The van der Waals surface area contributed by atoms with Gasteiger partial charge in [0.05, 0.1) is 65.6 Å². The fourth-order valence-electron chi connectivity index (χ4n) is 9.87. The summed E-state index contributed by atoms with van der Waals surface area (Å²) in [5, 5.41) is 0. The SMILES string of the molecule is CC1=C(CCC(=O)OCc2cc[n+](CCN)cc2)c2cc3[nH]c(cc3CCC(=O)OCc3cc[n+](CCN)cc3)cc3[nH]c(cc4nc(cc1n2)C(C)=C4C(=O)OCc1cc[n+](CCN)cc1)c(C)c3C(=O)OCc1cc[n+](CCN)cc1. The number of carbonyl (C=O) groups is 4. The molecule has 0 spiro atoms. The number of rotatable bonds is 24. The molecule has 7 aromatic rings. The highest BCUT2D eigenvalue weighted by Crippen LogP contribution is 2.37. The van der Waals surface area contributed by atoms with Crippen molar-refractivity contribution in [3.05, 3.63) is 190 Å². The topological polar surface area (TPSA) is 282 Å². The van der Waals surface area contributed by atoms with Crippen LogP contribution in [0.1, 0.15) is 99.6 Å². The molecular weight excluding hydrogens is 1050 g/mol. The highest BCUT2D eigenvalue weighted by atomic mass is 16.5. The Bertz CT molecular complexity index is 3740. The van der Waals surface area contributed by atoms with Crippen molar-refractivity contribution in [2.75, 3.05) is 26.2 Å². The molecule has 0 unspecified atom stereocenters. The number of ether oxygens (including phenoxy) is 4. The van der Waals surface area contributed by atoms with Crippen LogP contribution in [0, 0.1) is 6.92 Å². The van der Waals surface area contributed by atoms with E-state index >= 15 is 0 Å². The predicted molar refractivity (Wildman–Crippen MR) is 310 cm³/mol. The Kier molecular flexibility index (Phi) is 19.5. The molecule has 10 N–H and O–H groups in total. The number of H-pyrrole nitrogens is 2. The number of aromatic nitrogens is 8. The van der Waals surface area contributed by atoms with Crippen LogP contribution in [0.25, 0.3) is 44.4 Å². The summed E-state index contributed by atoms with van der Waals surface area (Å²) >= 11 is 0. The lowest BCUT2D eigenvalue weighted by Crippen LogP contribution is -2.36. The van der Waals surface area contributed by atoms with E-state index in [-0.39, 0.29) is 63.2 Å². The number of aromatic amines is 2. The molecular formula is C63H72N12O8+4. The quantitative estimate of drug-likeness (QED) is 0.0270. The van der Waals surface area contributed by atoms with Gasteiger partial charge in [-0.05, 0) is 91.8 Å². The lowest BCUT2D eigenvalue weighted by molar-refractivity contribution is -0.694.